The summed E-state index contributed by atoms with van der Waals surface area (Å²) in [6, 6.07) is 8.24. The number of hydrogen-bond donors (Lipinski definition) is 2. The number of hydrogen-bond acceptors (Lipinski definition) is 4. The highest BCUT2D eigenvalue weighted by Gasteiger charge is 2.22. The number of nitrogens with zero attached hydrogens (tertiary/aromatic N) is 2. The van der Waals surface area contributed by atoms with Gasteiger partial charge in [0.2, 0.25) is 5.95 Å². The molecule has 2 N–H and O–H groups in total. The molecule has 2 aromatic rings. The molecular formula is C15H17ClN4. The second-order valence-corrected chi connectivity index (χ2v) is 5.66. The molecule has 3 rings (SSSR count). The maximum atomic E-state index is 6.04. The second-order valence-electron chi connectivity index (χ2n) is 5.22. The van der Waals surface area contributed by atoms with Crippen molar-refractivity contribution in [2.45, 2.75) is 32.7 Å². The van der Waals surface area contributed by atoms with Crippen LogP contribution in [0.1, 0.15) is 24.1 Å². The van der Waals surface area contributed by atoms with Crippen molar-refractivity contribution in [2.24, 2.45) is 0 Å². The number of anilines is 3. The lowest BCUT2D eigenvalue weighted by Gasteiger charge is -2.11. The zero-order chi connectivity index (χ0) is 14.1. The summed E-state index contributed by atoms with van der Waals surface area (Å²) in [5, 5.41) is 7.34. The maximum absolute atomic E-state index is 6.04. The first-order chi connectivity index (χ1) is 9.60. The molecular weight excluding hydrogens is 272 g/mol. The monoisotopic (exact) mass is 288 g/mol. The Kier molecular flexibility index (Phi) is 3.49. The van der Waals surface area contributed by atoms with Crippen LogP contribution in [0.5, 0.6) is 0 Å². The molecule has 0 saturated heterocycles. The second kappa shape index (κ2) is 5.29. The van der Waals surface area contributed by atoms with E-state index < -0.39 is 0 Å². The Morgan fingerprint density at radius 2 is 1.95 bits per heavy atom. The highest BCUT2D eigenvalue weighted by molar-refractivity contribution is 6.30. The van der Waals surface area contributed by atoms with Crippen molar-refractivity contribution in [3.63, 3.8) is 0 Å². The van der Waals surface area contributed by atoms with Crippen LogP contribution < -0.4 is 10.6 Å². The van der Waals surface area contributed by atoms with Crippen LogP contribution >= 0.6 is 11.6 Å². The highest BCUT2D eigenvalue weighted by atomic mass is 35.5. The van der Waals surface area contributed by atoms with Crippen LogP contribution in [-0.4, -0.2) is 16.0 Å². The summed E-state index contributed by atoms with van der Waals surface area (Å²) < 4.78 is 0. The van der Waals surface area contributed by atoms with Crippen molar-refractivity contribution >= 4 is 29.1 Å². The summed E-state index contributed by atoms with van der Waals surface area (Å²) in [7, 11) is 0. The number of rotatable bonds is 4. The minimum absolute atomic E-state index is 0.539. The molecule has 1 aromatic carbocycles. The van der Waals surface area contributed by atoms with E-state index in [0.717, 1.165) is 22.8 Å². The average Bonchev–Trinajstić information content (AvgIpc) is 3.17. The Bertz CT molecular complexity index is 638. The molecule has 1 aromatic heterocycles. The molecule has 1 aliphatic carbocycles. The molecule has 0 atom stereocenters. The third-order valence-corrected chi connectivity index (χ3v) is 3.46. The predicted molar refractivity (Wildman–Crippen MR) is 82.9 cm³/mol. The minimum Gasteiger partial charge on any atom is -0.351 e. The smallest absolute Gasteiger partial charge is 0.225 e. The molecule has 1 aliphatic rings. The van der Waals surface area contributed by atoms with Crippen LogP contribution in [0.4, 0.5) is 17.5 Å². The number of halogens is 1. The molecule has 0 radical (unpaired) electrons. The fourth-order valence-electron chi connectivity index (χ4n) is 1.97. The zero-order valence-corrected chi connectivity index (χ0v) is 12.3. The van der Waals surface area contributed by atoms with Crippen LogP contribution in [0, 0.1) is 13.8 Å². The van der Waals surface area contributed by atoms with E-state index in [-0.39, 0.29) is 0 Å². The Hall–Kier alpha value is -1.81. The molecule has 0 bridgehead atoms. The molecule has 4 nitrogen and oxygen atoms in total. The normalized spacial score (nSPS) is 14.2. The van der Waals surface area contributed by atoms with Crippen molar-refractivity contribution < 1.29 is 0 Å². The van der Waals surface area contributed by atoms with Gasteiger partial charge in [0, 0.05) is 28.5 Å². The van der Waals surface area contributed by atoms with E-state index in [2.05, 4.69) is 20.6 Å². The zero-order valence-electron chi connectivity index (χ0n) is 11.6. The van der Waals surface area contributed by atoms with Gasteiger partial charge in [0.1, 0.15) is 5.82 Å². The summed E-state index contributed by atoms with van der Waals surface area (Å²) in [6.45, 7) is 4.01. The van der Waals surface area contributed by atoms with E-state index in [9.17, 15) is 0 Å². The molecule has 0 aliphatic heterocycles. The van der Waals surface area contributed by atoms with Gasteiger partial charge in [-0.05, 0) is 44.4 Å². The summed E-state index contributed by atoms with van der Waals surface area (Å²) in [5.74, 6) is 1.47. The molecule has 5 heteroatoms. The molecule has 1 heterocycles. The standard InChI is InChI=1S/C15H17ClN4/c1-9-3-4-11(16)8-13(9)19-14-7-10(2)17-15(20-14)18-12-5-6-12/h3-4,7-8,12H,5-6H2,1-2H3,(H2,17,18,19,20). The van der Waals surface area contributed by atoms with E-state index >= 15 is 0 Å². The Morgan fingerprint density at radius 1 is 1.15 bits per heavy atom. The van der Waals surface area contributed by atoms with Gasteiger partial charge in [0.05, 0.1) is 0 Å². The Labute approximate surface area is 123 Å². The van der Waals surface area contributed by atoms with Crippen LogP contribution in [0.25, 0.3) is 0 Å². The molecule has 0 unspecified atom stereocenters. The van der Waals surface area contributed by atoms with E-state index in [0.29, 0.717) is 17.0 Å². The quantitative estimate of drug-likeness (QED) is 0.890. The molecule has 0 spiro atoms. The summed E-state index contributed by atoms with van der Waals surface area (Å²) in [6.07, 6.45) is 2.40. The third kappa shape index (κ3) is 3.20. The number of aryl methyl sites for hydroxylation is 2. The fraction of sp³-hybridized carbons (Fsp3) is 0.333. The van der Waals surface area contributed by atoms with E-state index in [1.807, 2.05) is 38.1 Å². The van der Waals surface area contributed by atoms with Gasteiger partial charge in [-0.25, -0.2) is 4.98 Å². The van der Waals surface area contributed by atoms with Gasteiger partial charge < -0.3 is 10.6 Å². The molecule has 104 valence electrons. The van der Waals surface area contributed by atoms with Crippen LogP contribution in [0.2, 0.25) is 5.02 Å². The lowest BCUT2D eigenvalue weighted by atomic mass is 10.2. The topological polar surface area (TPSA) is 49.8 Å². The average molecular weight is 289 g/mol. The third-order valence-electron chi connectivity index (χ3n) is 3.23. The summed E-state index contributed by atoms with van der Waals surface area (Å²) >= 11 is 6.04. The van der Waals surface area contributed by atoms with E-state index in [1.54, 1.807) is 0 Å². The van der Waals surface area contributed by atoms with Crippen molar-refractivity contribution in [3.05, 3.63) is 40.5 Å². The first kappa shape index (κ1) is 13.2. The summed E-state index contributed by atoms with van der Waals surface area (Å²) in [5.41, 5.74) is 3.03. The van der Waals surface area contributed by atoms with Crippen molar-refractivity contribution in [1.29, 1.82) is 0 Å². The van der Waals surface area contributed by atoms with E-state index in [4.69, 9.17) is 11.6 Å². The van der Waals surface area contributed by atoms with Gasteiger partial charge in [0.25, 0.3) is 0 Å². The molecule has 20 heavy (non-hydrogen) atoms. The van der Waals surface area contributed by atoms with Gasteiger partial charge in [-0.1, -0.05) is 17.7 Å². The number of benzene rings is 1. The maximum Gasteiger partial charge on any atom is 0.225 e. The number of nitrogens with one attached hydrogen (secondary N) is 2. The fourth-order valence-corrected chi connectivity index (χ4v) is 2.15. The van der Waals surface area contributed by atoms with Crippen LogP contribution in [0.3, 0.4) is 0 Å². The Balaban J connectivity index is 1.85. The van der Waals surface area contributed by atoms with Gasteiger partial charge in [-0.3, -0.25) is 0 Å². The largest absolute Gasteiger partial charge is 0.351 e. The molecule has 0 amide bonds. The van der Waals surface area contributed by atoms with Gasteiger partial charge in [0.15, 0.2) is 0 Å². The van der Waals surface area contributed by atoms with Crippen molar-refractivity contribution in [3.8, 4) is 0 Å². The van der Waals surface area contributed by atoms with E-state index in [1.165, 1.54) is 12.8 Å². The predicted octanol–water partition coefficient (Wildman–Crippen LogP) is 4.06. The van der Waals surface area contributed by atoms with Crippen molar-refractivity contribution in [2.75, 3.05) is 10.6 Å². The Morgan fingerprint density at radius 3 is 2.70 bits per heavy atom. The van der Waals surface area contributed by atoms with Gasteiger partial charge in [-0.15, -0.1) is 0 Å². The minimum atomic E-state index is 0.539. The SMILES string of the molecule is Cc1cc(Nc2cc(Cl)ccc2C)nc(NC2CC2)n1. The first-order valence-electron chi connectivity index (χ1n) is 6.75. The van der Waals surface area contributed by atoms with Crippen LogP contribution in [0.15, 0.2) is 24.3 Å². The van der Waals surface area contributed by atoms with Gasteiger partial charge in [-0.2, -0.15) is 4.98 Å². The molecule has 1 fully saturated rings. The highest BCUT2D eigenvalue weighted by Crippen LogP contribution is 2.26. The molecule has 1 saturated carbocycles. The van der Waals surface area contributed by atoms with Crippen LogP contribution in [-0.2, 0) is 0 Å². The lowest BCUT2D eigenvalue weighted by molar-refractivity contribution is 1.03. The first-order valence-corrected chi connectivity index (χ1v) is 7.13. The van der Waals surface area contributed by atoms with Gasteiger partial charge >= 0.3 is 0 Å². The van der Waals surface area contributed by atoms with Crippen molar-refractivity contribution in [1.82, 2.24) is 9.97 Å². The number of aromatic nitrogens is 2. The summed E-state index contributed by atoms with van der Waals surface area (Å²) in [4.78, 5) is 8.91. The lowest BCUT2D eigenvalue weighted by Crippen LogP contribution is -2.08.